The second-order valence-corrected chi connectivity index (χ2v) is 6.73. The minimum atomic E-state index is -0.849. The van der Waals surface area contributed by atoms with Crippen LogP contribution in [0, 0.1) is 0 Å². The highest BCUT2D eigenvalue weighted by Gasteiger charge is 2.30. The first-order valence-electron chi connectivity index (χ1n) is 6.69. The van der Waals surface area contributed by atoms with Crippen LogP contribution in [0.1, 0.15) is 16.5 Å². The van der Waals surface area contributed by atoms with E-state index in [0.29, 0.717) is 10.9 Å². The van der Waals surface area contributed by atoms with Crippen molar-refractivity contribution in [2.45, 2.75) is 12.6 Å². The molecule has 2 rings (SSSR count). The molecule has 0 saturated carbocycles. The number of nitrogens with one attached hydrogen (secondary N) is 2. The van der Waals surface area contributed by atoms with Crippen LogP contribution in [0.3, 0.4) is 0 Å². The molecule has 1 unspecified atom stereocenters. The number of thiophene rings is 1. The highest BCUT2D eigenvalue weighted by atomic mass is 35.5. The molecule has 1 heterocycles. The molecule has 1 aromatic carbocycles. The summed E-state index contributed by atoms with van der Waals surface area (Å²) in [5.41, 5.74) is 5.89. The minimum absolute atomic E-state index is 0.418. The van der Waals surface area contributed by atoms with Crippen molar-refractivity contribution in [3.05, 3.63) is 57.2 Å². The van der Waals surface area contributed by atoms with Gasteiger partial charge in [0, 0.05) is 5.56 Å². The van der Waals surface area contributed by atoms with Gasteiger partial charge in [-0.25, -0.2) is 4.79 Å². The molecule has 2 atom stereocenters. The van der Waals surface area contributed by atoms with Crippen molar-refractivity contribution >= 4 is 34.9 Å². The Morgan fingerprint density at radius 3 is 2.50 bits per heavy atom. The molecule has 0 aliphatic rings. The van der Waals surface area contributed by atoms with Gasteiger partial charge in [-0.2, -0.15) is 0 Å². The monoisotopic (exact) mass is 338 g/mol. The van der Waals surface area contributed by atoms with E-state index in [4.69, 9.17) is 17.3 Å². The number of amides is 3. The number of carbonyl (C=O) groups excluding carboxylic acids is 2. The molecule has 0 aliphatic carbocycles. The van der Waals surface area contributed by atoms with Gasteiger partial charge < -0.3 is 10.6 Å². The highest BCUT2D eigenvalue weighted by molar-refractivity contribution is 7.16. The summed E-state index contributed by atoms with van der Waals surface area (Å²) in [6, 6.07) is 11.7. The van der Waals surface area contributed by atoms with E-state index in [1.165, 1.54) is 11.3 Å². The van der Waals surface area contributed by atoms with Gasteiger partial charge in [-0.05, 0) is 12.1 Å². The maximum Gasteiger partial charge on any atom is 0.319 e. The Morgan fingerprint density at radius 2 is 1.95 bits per heavy atom. The van der Waals surface area contributed by atoms with E-state index in [9.17, 15) is 9.59 Å². The SMILES string of the molecule is C[NH+](Cc1ccc(Cl)s1)[C@@H](C(=O)NC(N)=O)c1ccccc1. The maximum absolute atomic E-state index is 12.3. The van der Waals surface area contributed by atoms with Gasteiger partial charge in [0.15, 0.2) is 6.04 Å². The number of urea groups is 1. The number of primary amides is 1. The highest BCUT2D eigenvalue weighted by Crippen LogP contribution is 2.21. The Hall–Kier alpha value is -1.89. The van der Waals surface area contributed by atoms with Crippen LogP contribution in [0.15, 0.2) is 42.5 Å². The lowest BCUT2D eigenvalue weighted by atomic mass is 10.0. The number of carbonyl (C=O) groups is 2. The molecule has 116 valence electrons. The number of hydrogen-bond acceptors (Lipinski definition) is 3. The molecule has 0 spiro atoms. The molecular weight excluding hydrogens is 322 g/mol. The van der Waals surface area contributed by atoms with Gasteiger partial charge in [0.05, 0.1) is 16.3 Å². The molecule has 4 N–H and O–H groups in total. The molecule has 0 aliphatic heterocycles. The lowest BCUT2D eigenvalue weighted by molar-refractivity contribution is -0.915. The van der Waals surface area contributed by atoms with E-state index in [1.807, 2.05) is 49.5 Å². The molecule has 0 saturated heterocycles. The molecule has 7 heteroatoms. The number of rotatable bonds is 5. The maximum atomic E-state index is 12.3. The second kappa shape index (κ2) is 7.40. The minimum Gasteiger partial charge on any atom is -0.351 e. The Labute approximate surface area is 137 Å². The summed E-state index contributed by atoms with van der Waals surface area (Å²) in [6.07, 6.45) is 0. The first-order valence-corrected chi connectivity index (χ1v) is 7.88. The fourth-order valence-corrected chi connectivity index (χ4v) is 3.51. The molecule has 0 radical (unpaired) electrons. The number of hydrogen-bond donors (Lipinski definition) is 3. The van der Waals surface area contributed by atoms with Crippen molar-refractivity contribution in [3.8, 4) is 0 Å². The normalized spacial score (nSPS) is 13.4. The summed E-state index contributed by atoms with van der Waals surface area (Å²) in [5, 5.41) is 2.17. The number of halogens is 1. The Bertz CT molecular complexity index is 660. The van der Waals surface area contributed by atoms with Crippen LogP contribution < -0.4 is 16.0 Å². The topological polar surface area (TPSA) is 76.6 Å². The first-order chi connectivity index (χ1) is 10.5. The van der Waals surface area contributed by atoms with Gasteiger partial charge in [0.1, 0.15) is 6.54 Å². The standard InChI is InChI=1S/C15H16ClN3O2S/c1-19(9-11-7-8-12(16)22-11)13(14(20)18-15(17)21)10-5-3-2-4-6-10/h2-8,13H,9H2,1H3,(H3,17,18,20,21)/p+1/t13-/m1/s1. The fraction of sp³-hybridized carbons (Fsp3) is 0.200. The summed E-state index contributed by atoms with van der Waals surface area (Å²) in [4.78, 5) is 25.3. The van der Waals surface area contributed by atoms with Crippen molar-refractivity contribution in [1.82, 2.24) is 5.32 Å². The molecule has 3 amide bonds. The van der Waals surface area contributed by atoms with Crippen molar-refractivity contribution < 1.29 is 14.5 Å². The summed E-state index contributed by atoms with van der Waals surface area (Å²) in [5.74, 6) is -0.418. The molecular formula is C15H17ClN3O2S+. The van der Waals surface area contributed by atoms with Crippen LogP contribution in [0.25, 0.3) is 0 Å². The zero-order valence-corrected chi connectivity index (χ0v) is 13.6. The fourth-order valence-electron chi connectivity index (χ4n) is 2.32. The van der Waals surface area contributed by atoms with E-state index < -0.39 is 18.0 Å². The van der Waals surface area contributed by atoms with Gasteiger partial charge in [0.25, 0.3) is 5.91 Å². The van der Waals surface area contributed by atoms with E-state index >= 15 is 0 Å². The van der Waals surface area contributed by atoms with Gasteiger partial charge in [-0.1, -0.05) is 41.9 Å². The van der Waals surface area contributed by atoms with Crippen molar-refractivity contribution in [3.63, 3.8) is 0 Å². The summed E-state index contributed by atoms with van der Waals surface area (Å²) in [7, 11) is 1.89. The molecule has 2 aromatic rings. The molecule has 1 aromatic heterocycles. The average molecular weight is 339 g/mol. The molecule has 0 bridgehead atoms. The third-order valence-corrected chi connectivity index (χ3v) is 4.45. The molecule has 22 heavy (non-hydrogen) atoms. The predicted molar refractivity (Wildman–Crippen MR) is 86.8 cm³/mol. The van der Waals surface area contributed by atoms with Crippen molar-refractivity contribution in [2.75, 3.05) is 7.05 Å². The zero-order chi connectivity index (χ0) is 16.1. The largest absolute Gasteiger partial charge is 0.351 e. The summed E-state index contributed by atoms with van der Waals surface area (Å²) >= 11 is 7.42. The van der Waals surface area contributed by atoms with Gasteiger partial charge >= 0.3 is 6.03 Å². The van der Waals surface area contributed by atoms with E-state index in [1.54, 1.807) is 0 Å². The summed E-state index contributed by atoms with van der Waals surface area (Å²) in [6.45, 7) is 0.614. The van der Waals surface area contributed by atoms with Crippen LogP contribution in [-0.4, -0.2) is 19.0 Å². The van der Waals surface area contributed by atoms with Crippen LogP contribution in [-0.2, 0) is 11.3 Å². The number of imide groups is 1. The van der Waals surface area contributed by atoms with E-state index in [2.05, 4.69) is 5.32 Å². The average Bonchev–Trinajstić information content (AvgIpc) is 2.84. The second-order valence-electron chi connectivity index (χ2n) is 4.93. The third kappa shape index (κ3) is 4.30. The number of likely N-dealkylation sites (N-methyl/N-ethyl adjacent to an activating group) is 1. The van der Waals surface area contributed by atoms with Crippen LogP contribution >= 0.6 is 22.9 Å². The number of quaternary nitrogens is 1. The van der Waals surface area contributed by atoms with Crippen LogP contribution in [0.5, 0.6) is 0 Å². The lowest BCUT2D eigenvalue weighted by Crippen LogP contribution is -3.09. The van der Waals surface area contributed by atoms with Gasteiger partial charge in [0.2, 0.25) is 0 Å². The van der Waals surface area contributed by atoms with E-state index in [0.717, 1.165) is 15.3 Å². The Morgan fingerprint density at radius 1 is 1.27 bits per heavy atom. The lowest BCUT2D eigenvalue weighted by Gasteiger charge is -2.23. The molecule has 5 nitrogen and oxygen atoms in total. The molecule has 0 fully saturated rings. The number of benzene rings is 1. The Balaban J connectivity index is 2.23. The third-order valence-electron chi connectivity index (χ3n) is 3.22. The quantitative estimate of drug-likeness (QED) is 0.769. The van der Waals surface area contributed by atoms with Gasteiger partial charge in [-0.3, -0.25) is 10.1 Å². The predicted octanol–water partition coefficient (Wildman–Crippen LogP) is 1.35. The zero-order valence-electron chi connectivity index (χ0n) is 12.0. The van der Waals surface area contributed by atoms with Crippen LogP contribution in [0.2, 0.25) is 4.34 Å². The van der Waals surface area contributed by atoms with Crippen LogP contribution in [0.4, 0.5) is 4.79 Å². The van der Waals surface area contributed by atoms with Crippen molar-refractivity contribution in [1.29, 1.82) is 0 Å². The number of nitrogens with two attached hydrogens (primary N) is 1. The summed E-state index contributed by atoms with van der Waals surface area (Å²) < 4.78 is 0.709. The van der Waals surface area contributed by atoms with Crippen molar-refractivity contribution in [2.24, 2.45) is 5.73 Å². The van der Waals surface area contributed by atoms with E-state index in [-0.39, 0.29) is 0 Å². The smallest absolute Gasteiger partial charge is 0.319 e. The van der Waals surface area contributed by atoms with Gasteiger partial charge in [-0.15, -0.1) is 11.3 Å². The Kier molecular flexibility index (Phi) is 5.54. The first kappa shape index (κ1) is 16.5.